The molecule has 1 aromatic carbocycles. The molecule has 31 heavy (non-hydrogen) atoms. The number of nitrogens with zero attached hydrogens (tertiary/aromatic N) is 4. The van der Waals surface area contributed by atoms with E-state index < -0.39 is 17.3 Å². The highest BCUT2D eigenvalue weighted by Gasteiger charge is 2.47. The Labute approximate surface area is 184 Å². The lowest BCUT2D eigenvalue weighted by molar-refractivity contribution is -0.0514. The van der Waals surface area contributed by atoms with E-state index in [1.54, 1.807) is 19.1 Å². The van der Waals surface area contributed by atoms with Crippen molar-refractivity contribution in [1.29, 1.82) is 5.26 Å². The first-order valence-corrected chi connectivity index (χ1v) is 10.5. The van der Waals surface area contributed by atoms with Crippen LogP contribution in [0.1, 0.15) is 49.2 Å². The van der Waals surface area contributed by atoms with Gasteiger partial charge in [-0.1, -0.05) is 43.6 Å². The fraction of sp³-hybridized carbons (Fsp3) is 0.391. The summed E-state index contributed by atoms with van der Waals surface area (Å²) in [4.78, 5) is 13.2. The first kappa shape index (κ1) is 21.4. The van der Waals surface area contributed by atoms with Gasteiger partial charge in [-0.05, 0) is 37.5 Å². The van der Waals surface area contributed by atoms with Gasteiger partial charge in [0.15, 0.2) is 5.65 Å². The Bertz CT molecular complexity index is 1200. The standard InChI is InChI=1S/C23H22ClF2N5/c1-13(2)23(25,26)16-6-4-5-15(9-16)11-28-20-17-10-18(22(12-27)7-8-22)19(24)31-21(17)30-14(3)29-20/h4-6,9-10,13H,7-8,11H2,1-3H3,(H,28,29,30,31). The van der Waals surface area contributed by atoms with Crippen molar-refractivity contribution in [3.8, 4) is 6.07 Å². The van der Waals surface area contributed by atoms with Crippen LogP contribution in [0.4, 0.5) is 14.6 Å². The van der Waals surface area contributed by atoms with Gasteiger partial charge in [-0.2, -0.15) is 5.26 Å². The van der Waals surface area contributed by atoms with Gasteiger partial charge >= 0.3 is 0 Å². The Morgan fingerprint density at radius 2 is 1.97 bits per heavy atom. The summed E-state index contributed by atoms with van der Waals surface area (Å²) in [6, 6.07) is 10.5. The zero-order valence-electron chi connectivity index (χ0n) is 17.5. The normalized spacial score (nSPS) is 15.2. The number of halogens is 3. The summed E-state index contributed by atoms with van der Waals surface area (Å²) in [5.74, 6) is -2.66. The highest BCUT2D eigenvalue weighted by Crippen LogP contribution is 2.50. The number of hydrogen-bond acceptors (Lipinski definition) is 5. The Balaban J connectivity index is 1.68. The monoisotopic (exact) mass is 441 g/mol. The van der Waals surface area contributed by atoms with Crippen LogP contribution >= 0.6 is 11.6 Å². The van der Waals surface area contributed by atoms with Crippen LogP contribution in [-0.2, 0) is 17.9 Å². The second-order valence-corrected chi connectivity index (χ2v) is 8.70. The second-order valence-electron chi connectivity index (χ2n) is 8.34. The summed E-state index contributed by atoms with van der Waals surface area (Å²) in [5, 5.41) is 13.7. The Hall–Kier alpha value is -2.85. The van der Waals surface area contributed by atoms with Gasteiger partial charge in [0.05, 0.1) is 16.9 Å². The maximum atomic E-state index is 14.4. The number of rotatable bonds is 6. The molecule has 1 fully saturated rings. The third-order valence-electron chi connectivity index (χ3n) is 5.73. The van der Waals surface area contributed by atoms with Gasteiger partial charge in [-0.15, -0.1) is 0 Å². The smallest absolute Gasteiger partial charge is 0.275 e. The van der Waals surface area contributed by atoms with Crippen molar-refractivity contribution < 1.29 is 8.78 Å². The molecule has 0 spiro atoms. The van der Waals surface area contributed by atoms with E-state index in [0.717, 1.165) is 12.8 Å². The van der Waals surface area contributed by atoms with Crippen LogP contribution in [0.2, 0.25) is 5.15 Å². The van der Waals surface area contributed by atoms with Gasteiger partial charge in [-0.25, -0.2) is 23.7 Å². The molecule has 0 atom stereocenters. The summed E-state index contributed by atoms with van der Waals surface area (Å²) in [7, 11) is 0. The predicted molar refractivity (Wildman–Crippen MR) is 116 cm³/mol. The van der Waals surface area contributed by atoms with Crippen LogP contribution in [0.3, 0.4) is 0 Å². The van der Waals surface area contributed by atoms with Crippen LogP contribution in [0.15, 0.2) is 30.3 Å². The van der Waals surface area contributed by atoms with Crippen LogP contribution in [0, 0.1) is 24.2 Å². The zero-order chi connectivity index (χ0) is 22.4. The maximum Gasteiger partial charge on any atom is 0.275 e. The van der Waals surface area contributed by atoms with Crippen molar-refractivity contribution in [2.75, 3.05) is 5.32 Å². The molecule has 1 aliphatic rings. The molecule has 0 radical (unpaired) electrons. The average Bonchev–Trinajstić information content (AvgIpc) is 3.52. The van der Waals surface area contributed by atoms with Crippen LogP contribution in [0.5, 0.6) is 0 Å². The number of alkyl halides is 2. The molecule has 8 heteroatoms. The van der Waals surface area contributed by atoms with Gasteiger partial charge in [0.25, 0.3) is 5.92 Å². The Kier molecular flexibility index (Phi) is 5.30. The van der Waals surface area contributed by atoms with Crippen molar-refractivity contribution in [2.45, 2.75) is 51.5 Å². The zero-order valence-corrected chi connectivity index (χ0v) is 18.3. The number of benzene rings is 1. The molecular weight excluding hydrogens is 420 g/mol. The van der Waals surface area contributed by atoms with Crippen molar-refractivity contribution in [1.82, 2.24) is 15.0 Å². The highest BCUT2D eigenvalue weighted by atomic mass is 35.5. The van der Waals surface area contributed by atoms with E-state index in [2.05, 4.69) is 26.3 Å². The number of hydrogen-bond donors (Lipinski definition) is 1. The molecule has 0 saturated heterocycles. The second kappa shape index (κ2) is 7.69. The van der Waals surface area contributed by atoms with Gasteiger partial charge in [0, 0.05) is 23.6 Å². The van der Waals surface area contributed by atoms with Crippen molar-refractivity contribution in [2.24, 2.45) is 5.92 Å². The largest absolute Gasteiger partial charge is 0.365 e. The number of aryl methyl sites for hydroxylation is 1. The van der Waals surface area contributed by atoms with E-state index >= 15 is 0 Å². The minimum Gasteiger partial charge on any atom is -0.365 e. The van der Waals surface area contributed by atoms with Crippen LogP contribution in [-0.4, -0.2) is 15.0 Å². The Morgan fingerprint density at radius 1 is 1.23 bits per heavy atom. The quantitative estimate of drug-likeness (QED) is 0.482. The summed E-state index contributed by atoms with van der Waals surface area (Å²) >= 11 is 6.36. The third kappa shape index (κ3) is 3.92. The molecule has 0 bridgehead atoms. The summed E-state index contributed by atoms with van der Waals surface area (Å²) in [6.45, 7) is 5.05. The minimum absolute atomic E-state index is 0.00837. The molecule has 0 aliphatic heterocycles. The molecule has 4 rings (SSSR count). The van der Waals surface area contributed by atoms with Crippen molar-refractivity contribution in [3.63, 3.8) is 0 Å². The lowest BCUT2D eigenvalue weighted by Crippen LogP contribution is -2.21. The van der Waals surface area contributed by atoms with Crippen LogP contribution < -0.4 is 5.32 Å². The van der Waals surface area contributed by atoms with E-state index in [1.165, 1.54) is 26.0 Å². The number of fused-ring (bicyclic) bond motifs is 1. The lowest BCUT2D eigenvalue weighted by Gasteiger charge is -2.21. The van der Waals surface area contributed by atoms with Crippen molar-refractivity contribution >= 4 is 28.5 Å². The van der Waals surface area contributed by atoms with Crippen molar-refractivity contribution in [3.05, 3.63) is 58.0 Å². The van der Waals surface area contributed by atoms with Crippen LogP contribution in [0.25, 0.3) is 11.0 Å². The van der Waals surface area contributed by atoms with E-state index in [1.807, 2.05) is 6.07 Å². The molecule has 0 unspecified atom stereocenters. The van der Waals surface area contributed by atoms with E-state index in [9.17, 15) is 14.0 Å². The summed E-state index contributed by atoms with van der Waals surface area (Å²) < 4.78 is 28.9. The predicted octanol–water partition coefficient (Wildman–Crippen LogP) is 5.90. The molecule has 3 aromatic rings. The number of anilines is 1. The highest BCUT2D eigenvalue weighted by molar-refractivity contribution is 6.30. The number of aromatic nitrogens is 3. The first-order chi connectivity index (χ1) is 14.7. The topological polar surface area (TPSA) is 74.5 Å². The molecule has 2 heterocycles. The fourth-order valence-corrected chi connectivity index (χ4v) is 3.90. The molecule has 1 N–H and O–H groups in total. The SMILES string of the molecule is Cc1nc(NCc2cccc(C(F)(F)C(C)C)c2)c2cc(C3(C#N)CC3)c(Cl)nc2n1. The minimum atomic E-state index is -2.90. The first-order valence-electron chi connectivity index (χ1n) is 10.1. The third-order valence-corrected chi connectivity index (χ3v) is 6.02. The molecule has 5 nitrogen and oxygen atoms in total. The average molecular weight is 442 g/mol. The van der Waals surface area contributed by atoms with E-state index in [0.29, 0.717) is 40.3 Å². The molecular formula is C23H22ClF2N5. The summed E-state index contributed by atoms with van der Waals surface area (Å²) in [5.41, 5.74) is 1.21. The summed E-state index contributed by atoms with van der Waals surface area (Å²) in [6.07, 6.45) is 1.48. The number of pyridine rings is 1. The maximum absolute atomic E-state index is 14.4. The lowest BCUT2D eigenvalue weighted by atomic mass is 9.96. The number of nitriles is 1. The Morgan fingerprint density at radius 3 is 2.61 bits per heavy atom. The molecule has 0 amide bonds. The fourth-order valence-electron chi connectivity index (χ4n) is 3.59. The van der Waals surface area contributed by atoms with Gasteiger partial charge in [0.2, 0.25) is 0 Å². The van der Waals surface area contributed by atoms with Gasteiger partial charge in [-0.3, -0.25) is 0 Å². The molecule has 2 aromatic heterocycles. The number of nitrogens with one attached hydrogen (secondary N) is 1. The molecule has 1 aliphatic carbocycles. The van der Waals surface area contributed by atoms with Gasteiger partial charge < -0.3 is 5.32 Å². The van der Waals surface area contributed by atoms with E-state index in [4.69, 9.17) is 11.6 Å². The molecule has 160 valence electrons. The van der Waals surface area contributed by atoms with Gasteiger partial charge in [0.1, 0.15) is 16.8 Å². The van der Waals surface area contributed by atoms with E-state index in [-0.39, 0.29) is 10.7 Å². The molecule has 1 saturated carbocycles.